The second-order valence-electron chi connectivity index (χ2n) is 4.26. The molecule has 1 heterocycles. The van der Waals surface area contributed by atoms with Crippen molar-refractivity contribution in [3.05, 3.63) is 57.2 Å². The molecule has 0 fully saturated rings. The van der Waals surface area contributed by atoms with Crippen molar-refractivity contribution in [2.45, 2.75) is 12.6 Å². The second-order valence-corrected chi connectivity index (χ2v) is 5.48. The number of aliphatic hydroxyl groups excluding tert-OH is 1. The highest BCUT2D eigenvalue weighted by Gasteiger charge is 2.09. The first-order chi connectivity index (χ1) is 9.65. The number of benzene rings is 1. The third-order valence-electron chi connectivity index (χ3n) is 2.75. The van der Waals surface area contributed by atoms with Gasteiger partial charge >= 0.3 is 6.03 Å². The molecule has 0 spiro atoms. The van der Waals surface area contributed by atoms with E-state index in [0.717, 1.165) is 11.1 Å². The van der Waals surface area contributed by atoms with E-state index in [4.69, 9.17) is 11.6 Å². The number of thiophene rings is 1. The maximum absolute atomic E-state index is 11.6. The van der Waals surface area contributed by atoms with E-state index in [-0.39, 0.29) is 12.6 Å². The first-order valence-electron chi connectivity index (χ1n) is 6.11. The van der Waals surface area contributed by atoms with Gasteiger partial charge in [0.2, 0.25) is 0 Å². The Balaban J connectivity index is 1.71. The molecular weight excluding hydrogens is 296 g/mol. The van der Waals surface area contributed by atoms with Gasteiger partial charge in [0.1, 0.15) is 0 Å². The lowest BCUT2D eigenvalue weighted by Crippen LogP contribution is -2.37. The van der Waals surface area contributed by atoms with Crippen LogP contribution in [0, 0.1) is 0 Å². The zero-order valence-electron chi connectivity index (χ0n) is 10.7. The van der Waals surface area contributed by atoms with Crippen LogP contribution in [0.15, 0.2) is 41.1 Å². The van der Waals surface area contributed by atoms with Gasteiger partial charge in [0, 0.05) is 18.1 Å². The summed E-state index contributed by atoms with van der Waals surface area (Å²) in [7, 11) is 0. The lowest BCUT2D eigenvalue weighted by Gasteiger charge is -2.11. The number of hydrogen-bond donors (Lipinski definition) is 3. The van der Waals surface area contributed by atoms with Crippen LogP contribution in [0.4, 0.5) is 4.79 Å². The molecule has 20 heavy (non-hydrogen) atoms. The Hall–Kier alpha value is -1.56. The zero-order chi connectivity index (χ0) is 14.4. The fourth-order valence-corrected chi connectivity index (χ4v) is 2.45. The van der Waals surface area contributed by atoms with E-state index < -0.39 is 6.10 Å². The van der Waals surface area contributed by atoms with Crippen LogP contribution in [0.25, 0.3) is 0 Å². The molecule has 2 amide bonds. The molecule has 1 unspecified atom stereocenters. The molecule has 2 rings (SSSR count). The quantitative estimate of drug-likeness (QED) is 0.795. The number of urea groups is 1. The number of nitrogens with one attached hydrogen (secondary N) is 2. The Kier molecular flexibility index (Phi) is 5.40. The van der Waals surface area contributed by atoms with Crippen LogP contribution in [-0.4, -0.2) is 17.7 Å². The lowest BCUT2D eigenvalue weighted by atomic mass is 10.2. The predicted octanol–water partition coefficient (Wildman–Crippen LogP) is 2.93. The normalized spacial score (nSPS) is 11.9. The van der Waals surface area contributed by atoms with E-state index in [2.05, 4.69) is 10.6 Å². The molecule has 1 atom stereocenters. The van der Waals surface area contributed by atoms with E-state index >= 15 is 0 Å². The SMILES string of the molecule is O=C(NCc1ccc(Cl)cc1)NCC(O)c1ccsc1. The van der Waals surface area contributed by atoms with Gasteiger partial charge in [0.05, 0.1) is 6.10 Å². The van der Waals surface area contributed by atoms with Crippen LogP contribution < -0.4 is 10.6 Å². The number of hydrogen-bond acceptors (Lipinski definition) is 3. The van der Waals surface area contributed by atoms with Gasteiger partial charge in [-0.2, -0.15) is 11.3 Å². The lowest BCUT2D eigenvalue weighted by molar-refractivity contribution is 0.173. The summed E-state index contributed by atoms with van der Waals surface area (Å²) in [5, 5.41) is 19.6. The van der Waals surface area contributed by atoms with E-state index in [1.54, 1.807) is 12.1 Å². The van der Waals surface area contributed by atoms with Crippen molar-refractivity contribution in [1.82, 2.24) is 10.6 Å². The minimum absolute atomic E-state index is 0.184. The summed E-state index contributed by atoms with van der Waals surface area (Å²) < 4.78 is 0. The van der Waals surface area contributed by atoms with Gasteiger partial charge in [-0.05, 0) is 40.1 Å². The zero-order valence-corrected chi connectivity index (χ0v) is 12.2. The molecular formula is C14H15ClN2O2S. The third kappa shape index (κ3) is 4.52. The van der Waals surface area contributed by atoms with E-state index in [0.29, 0.717) is 11.6 Å². The summed E-state index contributed by atoms with van der Waals surface area (Å²) in [6.45, 7) is 0.598. The van der Waals surface area contributed by atoms with Crippen molar-refractivity contribution < 1.29 is 9.90 Å². The van der Waals surface area contributed by atoms with Crippen LogP contribution in [0.3, 0.4) is 0 Å². The molecule has 3 N–H and O–H groups in total. The van der Waals surface area contributed by atoms with E-state index in [9.17, 15) is 9.90 Å². The fraction of sp³-hybridized carbons (Fsp3) is 0.214. The molecule has 1 aromatic heterocycles. The maximum atomic E-state index is 11.6. The van der Waals surface area contributed by atoms with Gasteiger partial charge in [0.15, 0.2) is 0 Å². The number of amides is 2. The summed E-state index contributed by atoms with van der Waals surface area (Å²) in [4.78, 5) is 11.6. The summed E-state index contributed by atoms with van der Waals surface area (Å²) in [6, 6.07) is 8.77. The van der Waals surface area contributed by atoms with Gasteiger partial charge < -0.3 is 15.7 Å². The topological polar surface area (TPSA) is 61.4 Å². The van der Waals surface area contributed by atoms with E-state index in [1.807, 2.05) is 29.0 Å². The molecule has 0 saturated carbocycles. The van der Waals surface area contributed by atoms with Crippen molar-refractivity contribution in [2.24, 2.45) is 0 Å². The van der Waals surface area contributed by atoms with Gasteiger partial charge in [-0.15, -0.1) is 0 Å². The molecule has 1 aromatic carbocycles. The first-order valence-corrected chi connectivity index (χ1v) is 7.43. The van der Waals surface area contributed by atoms with Crippen molar-refractivity contribution in [2.75, 3.05) is 6.54 Å². The van der Waals surface area contributed by atoms with Crippen molar-refractivity contribution in [3.8, 4) is 0 Å². The van der Waals surface area contributed by atoms with Gasteiger partial charge in [-0.3, -0.25) is 0 Å². The molecule has 4 nitrogen and oxygen atoms in total. The minimum Gasteiger partial charge on any atom is -0.387 e. The largest absolute Gasteiger partial charge is 0.387 e. The predicted molar refractivity (Wildman–Crippen MR) is 81.0 cm³/mol. The van der Waals surface area contributed by atoms with Crippen molar-refractivity contribution in [1.29, 1.82) is 0 Å². The van der Waals surface area contributed by atoms with Crippen LogP contribution in [0.2, 0.25) is 5.02 Å². The Labute approximate surface area is 126 Å². The third-order valence-corrected chi connectivity index (χ3v) is 3.70. The summed E-state index contributed by atoms with van der Waals surface area (Å²) in [5.74, 6) is 0. The molecule has 0 aliphatic heterocycles. The Morgan fingerprint density at radius 1 is 1.25 bits per heavy atom. The highest BCUT2D eigenvalue weighted by molar-refractivity contribution is 7.07. The molecule has 0 aliphatic rings. The van der Waals surface area contributed by atoms with Crippen molar-refractivity contribution >= 4 is 29.0 Å². The fourth-order valence-electron chi connectivity index (χ4n) is 1.62. The minimum atomic E-state index is -0.678. The molecule has 6 heteroatoms. The number of halogens is 1. The standard InChI is InChI=1S/C14H15ClN2O2S/c15-12-3-1-10(2-4-12)7-16-14(19)17-8-13(18)11-5-6-20-9-11/h1-6,9,13,18H,7-8H2,(H2,16,17,19). The Bertz CT molecular complexity index is 543. The van der Waals surface area contributed by atoms with Crippen LogP contribution in [-0.2, 0) is 6.54 Å². The smallest absolute Gasteiger partial charge is 0.315 e. The van der Waals surface area contributed by atoms with Gasteiger partial charge in [-0.1, -0.05) is 23.7 Å². The number of rotatable bonds is 5. The molecule has 0 radical (unpaired) electrons. The highest BCUT2D eigenvalue weighted by Crippen LogP contribution is 2.15. The van der Waals surface area contributed by atoms with E-state index in [1.165, 1.54) is 11.3 Å². The number of carbonyl (C=O) groups is 1. The molecule has 0 bridgehead atoms. The second kappa shape index (κ2) is 7.28. The summed E-state index contributed by atoms with van der Waals surface area (Å²) >= 11 is 7.29. The Morgan fingerprint density at radius 3 is 2.65 bits per heavy atom. The van der Waals surface area contributed by atoms with Gasteiger partial charge in [0.25, 0.3) is 0 Å². The summed E-state index contributed by atoms with van der Waals surface area (Å²) in [6.07, 6.45) is -0.678. The first kappa shape index (κ1) is 14.8. The van der Waals surface area contributed by atoms with Crippen LogP contribution in [0.5, 0.6) is 0 Å². The average Bonchev–Trinajstić information content (AvgIpc) is 2.98. The number of aliphatic hydroxyl groups is 1. The summed E-state index contributed by atoms with van der Waals surface area (Å²) in [5.41, 5.74) is 1.77. The van der Waals surface area contributed by atoms with Gasteiger partial charge in [-0.25, -0.2) is 4.79 Å². The Morgan fingerprint density at radius 2 is 2.00 bits per heavy atom. The maximum Gasteiger partial charge on any atom is 0.315 e. The molecule has 106 valence electrons. The molecule has 0 saturated heterocycles. The van der Waals surface area contributed by atoms with Crippen molar-refractivity contribution in [3.63, 3.8) is 0 Å². The van der Waals surface area contributed by atoms with Crippen LogP contribution >= 0.6 is 22.9 Å². The average molecular weight is 311 g/mol. The molecule has 0 aliphatic carbocycles. The number of carbonyl (C=O) groups excluding carboxylic acids is 1. The highest BCUT2D eigenvalue weighted by atomic mass is 35.5. The molecule has 2 aromatic rings. The van der Waals surface area contributed by atoms with Crippen LogP contribution in [0.1, 0.15) is 17.2 Å². The monoisotopic (exact) mass is 310 g/mol.